The summed E-state index contributed by atoms with van der Waals surface area (Å²) in [6.45, 7) is 6.32. The molecule has 0 aromatic carbocycles. The molecule has 4 nitrogen and oxygen atoms in total. The molecule has 16 heavy (non-hydrogen) atoms. The van der Waals surface area contributed by atoms with E-state index in [4.69, 9.17) is 0 Å². The van der Waals surface area contributed by atoms with Gasteiger partial charge < -0.3 is 5.32 Å². The smallest absolute Gasteiger partial charge is 0.207 e. The first-order valence-corrected chi connectivity index (χ1v) is 5.12. The number of imidazole rings is 1. The quantitative estimate of drug-likeness (QED) is 0.793. The standard InChI is InChI=1S/C12H14N4/c1-3-6-13-12-14-7-8-16(12)11-5-4-10(2)15-9-11/h3-5,7-9H,1,6H2,2H3,(H,13,14). The molecule has 2 aromatic rings. The van der Waals surface area contributed by atoms with E-state index in [2.05, 4.69) is 21.9 Å². The van der Waals surface area contributed by atoms with Gasteiger partial charge >= 0.3 is 0 Å². The summed E-state index contributed by atoms with van der Waals surface area (Å²) in [5.41, 5.74) is 2.00. The Morgan fingerprint density at radius 1 is 1.44 bits per heavy atom. The van der Waals surface area contributed by atoms with Gasteiger partial charge in [0.2, 0.25) is 5.95 Å². The minimum Gasteiger partial charge on any atom is -0.352 e. The first kappa shape index (κ1) is 10.4. The lowest BCUT2D eigenvalue weighted by Crippen LogP contribution is -2.05. The second kappa shape index (κ2) is 4.61. The van der Waals surface area contributed by atoms with Gasteiger partial charge in [0.05, 0.1) is 11.9 Å². The van der Waals surface area contributed by atoms with Crippen LogP contribution in [0, 0.1) is 6.92 Å². The SMILES string of the molecule is C=CCNc1nccn1-c1ccc(C)nc1. The lowest BCUT2D eigenvalue weighted by molar-refractivity contribution is 1.02. The van der Waals surface area contributed by atoms with Crippen molar-refractivity contribution in [3.63, 3.8) is 0 Å². The van der Waals surface area contributed by atoms with Crippen LogP contribution in [0.15, 0.2) is 43.4 Å². The molecular formula is C12H14N4. The van der Waals surface area contributed by atoms with Crippen LogP contribution in [0.3, 0.4) is 0 Å². The number of rotatable bonds is 4. The largest absolute Gasteiger partial charge is 0.352 e. The Balaban J connectivity index is 2.29. The molecule has 0 saturated carbocycles. The van der Waals surface area contributed by atoms with E-state index in [0.29, 0.717) is 6.54 Å². The topological polar surface area (TPSA) is 42.7 Å². The molecule has 82 valence electrons. The second-order valence-electron chi connectivity index (χ2n) is 3.45. The van der Waals surface area contributed by atoms with Crippen LogP contribution in [0.4, 0.5) is 5.95 Å². The highest BCUT2D eigenvalue weighted by Gasteiger charge is 2.03. The average molecular weight is 214 g/mol. The molecule has 0 radical (unpaired) electrons. The molecule has 2 rings (SSSR count). The second-order valence-corrected chi connectivity index (χ2v) is 3.45. The first-order chi connectivity index (χ1) is 7.81. The van der Waals surface area contributed by atoms with E-state index in [0.717, 1.165) is 17.3 Å². The van der Waals surface area contributed by atoms with E-state index in [1.54, 1.807) is 12.3 Å². The zero-order valence-electron chi connectivity index (χ0n) is 9.22. The Bertz CT molecular complexity index is 470. The molecule has 0 unspecified atom stereocenters. The summed E-state index contributed by atoms with van der Waals surface area (Å²) in [6, 6.07) is 4.00. The van der Waals surface area contributed by atoms with Crippen LogP contribution in [0.1, 0.15) is 5.69 Å². The van der Waals surface area contributed by atoms with E-state index in [-0.39, 0.29) is 0 Å². The maximum Gasteiger partial charge on any atom is 0.207 e. The number of hydrogen-bond acceptors (Lipinski definition) is 3. The number of nitrogens with one attached hydrogen (secondary N) is 1. The summed E-state index contributed by atoms with van der Waals surface area (Å²) in [6.07, 6.45) is 7.28. The summed E-state index contributed by atoms with van der Waals surface area (Å²) in [5.74, 6) is 0.797. The van der Waals surface area contributed by atoms with Gasteiger partial charge in [0.15, 0.2) is 0 Å². The van der Waals surface area contributed by atoms with Crippen LogP contribution in [-0.4, -0.2) is 21.1 Å². The molecule has 4 heteroatoms. The zero-order valence-corrected chi connectivity index (χ0v) is 9.22. The number of nitrogens with zero attached hydrogens (tertiary/aromatic N) is 3. The predicted molar refractivity (Wildman–Crippen MR) is 64.8 cm³/mol. The summed E-state index contributed by atoms with van der Waals surface area (Å²) >= 11 is 0. The summed E-state index contributed by atoms with van der Waals surface area (Å²) < 4.78 is 1.95. The fourth-order valence-electron chi connectivity index (χ4n) is 1.41. The van der Waals surface area contributed by atoms with Crippen LogP contribution in [-0.2, 0) is 0 Å². The Hall–Kier alpha value is -2.10. The van der Waals surface area contributed by atoms with E-state index < -0.39 is 0 Å². The van der Waals surface area contributed by atoms with Gasteiger partial charge in [-0.15, -0.1) is 6.58 Å². The highest BCUT2D eigenvalue weighted by molar-refractivity contribution is 5.40. The molecule has 0 spiro atoms. The lowest BCUT2D eigenvalue weighted by atomic mass is 10.3. The van der Waals surface area contributed by atoms with Gasteiger partial charge in [0, 0.05) is 24.6 Å². The fraction of sp³-hybridized carbons (Fsp3) is 0.167. The summed E-state index contributed by atoms with van der Waals surface area (Å²) in [4.78, 5) is 8.49. The van der Waals surface area contributed by atoms with Crippen LogP contribution in [0.25, 0.3) is 5.69 Å². The molecule has 0 bridgehead atoms. The fourth-order valence-corrected chi connectivity index (χ4v) is 1.41. The molecule has 0 atom stereocenters. The minimum atomic E-state index is 0.691. The first-order valence-electron chi connectivity index (χ1n) is 5.12. The Morgan fingerprint density at radius 2 is 2.31 bits per heavy atom. The van der Waals surface area contributed by atoms with Crippen LogP contribution < -0.4 is 5.32 Å². The predicted octanol–water partition coefficient (Wildman–Crippen LogP) is 2.17. The third-order valence-corrected chi connectivity index (χ3v) is 2.22. The van der Waals surface area contributed by atoms with Gasteiger partial charge in [-0.2, -0.15) is 0 Å². The average Bonchev–Trinajstić information content (AvgIpc) is 2.75. The third-order valence-electron chi connectivity index (χ3n) is 2.22. The molecule has 2 aromatic heterocycles. The number of aromatic nitrogens is 3. The molecule has 0 aliphatic heterocycles. The minimum absolute atomic E-state index is 0.691. The monoisotopic (exact) mass is 214 g/mol. The van der Waals surface area contributed by atoms with Crippen molar-refractivity contribution in [2.24, 2.45) is 0 Å². The Morgan fingerprint density at radius 3 is 3.00 bits per heavy atom. The molecule has 0 fully saturated rings. The third kappa shape index (κ3) is 2.11. The number of aryl methyl sites for hydroxylation is 1. The van der Waals surface area contributed by atoms with Crippen molar-refractivity contribution in [1.82, 2.24) is 14.5 Å². The number of anilines is 1. The van der Waals surface area contributed by atoms with Gasteiger partial charge in [-0.25, -0.2) is 4.98 Å². The van der Waals surface area contributed by atoms with Crippen LogP contribution in [0.5, 0.6) is 0 Å². The Kier molecular flexibility index (Phi) is 3.00. The maximum absolute atomic E-state index is 4.26. The highest BCUT2D eigenvalue weighted by atomic mass is 15.2. The van der Waals surface area contributed by atoms with Crippen molar-refractivity contribution >= 4 is 5.95 Å². The molecular weight excluding hydrogens is 200 g/mol. The zero-order chi connectivity index (χ0) is 11.4. The van der Waals surface area contributed by atoms with Gasteiger partial charge in [-0.3, -0.25) is 9.55 Å². The maximum atomic E-state index is 4.26. The highest BCUT2D eigenvalue weighted by Crippen LogP contribution is 2.13. The van der Waals surface area contributed by atoms with E-state index >= 15 is 0 Å². The van der Waals surface area contributed by atoms with Crippen molar-refractivity contribution in [1.29, 1.82) is 0 Å². The van der Waals surface area contributed by atoms with Gasteiger partial charge in [0.25, 0.3) is 0 Å². The molecule has 2 heterocycles. The van der Waals surface area contributed by atoms with Crippen molar-refractivity contribution in [2.45, 2.75) is 6.92 Å². The van der Waals surface area contributed by atoms with E-state index in [1.165, 1.54) is 0 Å². The lowest BCUT2D eigenvalue weighted by Gasteiger charge is -2.08. The van der Waals surface area contributed by atoms with Crippen molar-refractivity contribution in [2.75, 3.05) is 11.9 Å². The number of hydrogen-bond donors (Lipinski definition) is 1. The van der Waals surface area contributed by atoms with Crippen LogP contribution >= 0.6 is 0 Å². The van der Waals surface area contributed by atoms with Crippen LogP contribution in [0.2, 0.25) is 0 Å². The molecule has 0 amide bonds. The number of pyridine rings is 1. The van der Waals surface area contributed by atoms with Gasteiger partial charge in [-0.1, -0.05) is 6.08 Å². The van der Waals surface area contributed by atoms with Crippen molar-refractivity contribution in [3.05, 3.63) is 49.1 Å². The summed E-state index contributed by atoms with van der Waals surface area (Å²) in [7, 11) is 0. The Labute approximate surface area is 94.7 Å². The van der Waals surface area contributed by atoms with Crippen molar-refractivity contribution < 1.29 is 0 Å². The molecule has 0 aliphatic rings. The molecule has 0 saturated heterocycles. The van der Waals surface area contributed by atoms with Crippen molar-refractivity contribution in [3.8, 4) is 5.69 Å². The molecule has 1 N–H and O–H groups in total. The van der Waals surface area contributed by atoms with Gasteiger partial charge in [0.1, 0.15) is 0 Å². The van der Waals surface area contributed by atoms with E-state index in [9.17, 15) is 0 Å². The van der Waals surface area contributed by atoms with Gasteiger partial charge in [-0.05, 0) is 19.1 Å². The molecule has 0 aliphatic carbocycles. The normalized spacial score (nSPS) is 10.1. The summed E-state index contributed by atoms with van der Waals surface area (Å²) in [5, 5.41) is 3.16. The van der Waals surface area contributed by atoms with E-state index in [1.807, 2.05) is 36.0 Å².